The third kappa shape index (κ3) is 1.82. The Kier molecular flexibility index (Phi) is 2.77. The van der Waals surface area contributed by atoms with E-state index in [2.05, 4.69) is 0 Å². The van der Waals surface area contributed by atoms with Crippen LogP contribution in [0.3, 0.4) is 0 Å². The van der Waals surface area contributed by atoms with E-state index in [0.717, 1.165) is 6.07 Å². The number of nitriles is 1. The van der Waals surface area contributed by atoms with Crippen LogP contribution in [-0.4, -0.2) is 12.5 Å². The molecule has 2 rings (SSSR count). The number of benzene rings is 1. The van der Waals surface area contributed by atoms with Gasteiger partial charge >= 0.3 is 6.18 Å². The predicted octanol–water partition coefficient (Wildman–Crippen LogP) is 2.49. The van der Waals surface area contributed by atoms with Crippen molar-refractivity contribution in [2.24, 2.45) is 0 Å². The van der Waals surface area contributed by atoms with Crippen molar-refractivity contribution >= 4 is 11.6 Å². The molecule has 0 aromatic heterocycles. The molecule has 1 amide bonds. The number of nitrogens with zero attached hydrogens (tertiary/aromatic N) is 2. The van der Waals surface area contributed by atoms with Crippen LogP contribution in [-0.2, 0) is 17.4 Å². The summed E-state index contributed by atoms with van der Waals surface area (Å²) in [5, 5.41) is 8.76. The first-order valence-corrected chi connectivity index (χ1v) is 5.27. The minimum atomic E-state index is -4.58. The van der Waals surface area contributed by atoms with Crippen LogP contribution in [0.5, 0.6) is 0 Å². The monoisotopic (exact) mass is 254 g/mol. The number of alkyl halides is 3. The van der Waals surface area contributed by atoms with E-state index in [4.69, 9.17) is 5.26 Å². The predicted molar refractivity (Wildman–Crippen MR) is 57.9 cm³/mol. The molecule has 0 fully saturated rings. The van der Waals surface area contributed by atoms with Gasteiger partial charge in [-0.25, -0.2) is 0 Å². The van der Waals surface area contributed by atoms with E-state index in [9.17, 15) is 18.0 Å². The SMILES string of the molecule is CC(=O)N1CCc2c1ccc(C#N)c2C(F)(F)F. The van der Waals surface area contributed by atoms with Crippen molar-refractivity contribution in [3.05, 3.63) is 28.8 Å². The van der Waals surface area contributed by atoms with Crippen molar-refractivity contribution in [1.82, 2.24) is 0 Å². The molecule has 18 heavy (non-hydrogen) atoms. The summed E-state index contributed by atoms with van der Waals surface area (Å²) in [5.74, 6) is -0.299. The van der Waals surface area contributed by atoms with E-state index in [1.54, 1.807) is 6.07 Å². The van der Waals surface area contributed by atoms with Crippen LogP contribution in [0.25, 0.3) is 0 Å². The van der Waals surface area contributed by atoms with Crippen molar-refractivity contribution in [2.45, 2.75) is 19.5 Å². The second-order valence-corrected chi connectivity index (χ2v) is 4.02. The Morgan fingerprint density at radius 1 is 1.44 bits per heavy atom. The highest BCUT2D eigenvalue weighted by atomic mass is 19.4. The number of hydrogen-bond donors (Lipinski definition) is 0. The molecule has 6 heteroatoms. The molecule has 3 nitrogen and oxygen atoms in total. The highest BCUT2D eigenvalue weighted by Gasteiger charge is 2.40. The molecule has 94 valence electrons. The van der Waals surface area contributed by atoms with Crippen molar-refractivity contribution in [2.75, 3.05) is 11.4 Å². The van der Waals surface area contributed by atoms with Gasteiger partial charge in [0.25, 0.3) is 0 Å². The second-order valence-electron chi connectivity index (χ2n) is 4.02. The zero-order chi connectivity index (χ0) is 13.5. The average molecular weight is 254 g/mol. The largest absolute Gasteiger partial charge is 0.418 e. The Balaban J connectivity index is 2.67. The Morgan fingerprint density at radius 2 is 2.11 bits per heavy atom. The summed E-state index contributed by atoms with van der Waals surface area (Å²) in [6.45, 7) is 1.53. The van der Waals surface area contributed by atoms with Crippen molar-refractivity contribution in [1.29, 1.82) is 5.26 Å². The third-order valence-electron chi connectivity index (χ3n) is 2.95. The molecule has 1 aliphatic heterocycles. The fourth-order valence-corrected chi connectivity index (χ4v) is 2.23. The van der Waals surface area contributed by atoms with Gasteiger partial charge in [0, 0.05) is 19.2 Å². The molecular weight excluding hydrogens is 245 g/mol. The molecule has 0 bridgehead atoms. The van der Waals surface area contributed by atoms with Gasteiger partial charge in [0.1, 0.15) is 0 Å². The van der Waals surface area contributed by atoms with Gasteiger partial charge in [0.2, 0.25) is 5.91 Å². The number of rotatable bonds is 0. The zero-order valence-corrected chi connectivity index (χ0v) is 9.51. The molecular formula is C12H9F3N2O. The normalized spacial score (nSPS) is 14.3. The average Bonchev–Trinajstić information content (AvgIpc) is 2.69. The molecule has 0 unspecified atom stereocenters. The van der Waals surface area contributed by atoms with Gasteiger partial charge in [-0.1, -0.05) is 0 Å². The fraction of sp³-hybridized carbons (Fsp3) is 0.333. The van der Waals surface area contributed by atoms with E-state index in [1.807, 2.05) is 0 Å². The maximum absolute atomic E-state index is 13.0. The molecule has 1 heterocycles. The maximum Gasteiger partial charge on any atom is 0.418 e. The highest BCUT2D eigenvalue weighted by molar-refractivity contribution is 5.94. The summed E-state index contributed by atoms with van der Waals surface area (Å²) in [4.78, 5) is 12.6. The van der Waals surface area contributed by atoms with Crippen LogP contribution in [0, 0.1) is 11.3 Å². The number of halogens is 3. The van der Waals surface area contributed by atoms with Gasteiger partial charge in [-0.3, -0.25) is 4.79 Å². The van der Waals surface area contributed by atoms with Crippen LogP contribution in [0.15, 0.2) is 12.1 Å². The lowest BCUT2D eigenvalue weighted by Gasteiger charge is -2.17. The first-order valence-electron chi connectivity index (χ1n) is 5.27. The lowest BCUT2D eigenvalue weighted by Crippen LogP contribution is -2.25. The van der Waals surface area contributed by atoms with E-state index in [1.165, 1.54) is 17.9 Å². The summed E-state index contributed by atoms with van der Waals surface area (Å²) in [5.41, 5.74) is -1.01. The Labute approximate surface area is 101 Å². The smallest absolute Gasteiger partial charge is 0.312 e. The maximum atomic E-state index is 13.0. The summed E-state index contributed by atoms with van der Waals surface area (Å²) in [6.07, 6.45) is -4.46. The Bertz CT molecular complexity index is 558. The molecule has 0 radical (unpaired) electrons. The number of hydrogen-bond acceptors (Lipinski definition) is 2. The van der Waals surface area contributed by atoms with E-state index in [-0.39, 0.29) is 30.1 Å². The quantitative estimate of drug-likeness (QED) is 0.714. The fourth-order valence-electron chi connectivity index (χ4n) is 2.23. The first kappa shape index (κ1) is 12.4. The number of carbonyl (C=O) groups is 1. The van der Waals surface area contributed by atoms with Gasteiger partial charge in [-0.2, -0.15) is 18.4 Å². The Morgan fingerprint density at radius 3 is 2.61 bits per heavy atom. The van der Waals surface area contributed by atoms with Crippen molar-refractivity contribution in [3.63, 3.8) is 0 Å². The van der Waals surface area contributed by atoms with Gasteiger partial charge in [-0.15, -0.1) is 0 Å². The van der Waals surface area contributed by atoms with Crippen LogP contribution in [0.1, 0.15) is 23.6 Å². The number of amides is 1. The Hall–Kier alpha value is -2.03. The number of carbonyl (C=O) groups excluding carboxylic acids is 1. The summed E-state index contributed by atoms with van der Waals surface area (Å²) < 4.78 is 38.9. The third-order valence-corrected chi connectivity index (χ3v) is 2.95. The minimum Gasteiger partial charge on any atom is -0.312 e. The molecule has 0 saturated carbocycles. The second kappa shape index (κ2) is 4.02. The lowest BCUT2D eigenvalue weighted by atomic mass is 9.99. The number of anilines is 1. The van der Waals surface area contributed by atoms with Crippen LogP contribution >= 0.6 is 0 Å². The summed E-state index contributed by atoms with van der Waals surface area (Å²) >= 11 is 0. The summed E-state index contributed by atoms with van der Waals surface area (Å²) in [6, 6.07) is 4.07. The molecule has 0 N–H and O–H groups in total. The van der Waals surface area contributed by atoms with Gasteiger partial charge in [-0.05, 0) is 24.1 Å². The standard InChI is InChI=1S/C12H9F3N2O/c1-7(18)17-5-4-9-10(17)3-2-8(6-16)11(9)12(13,14)15/h2-3H,4-5H2,1H3. The molecule has 0 atom stereocenters. The molecule has 0 aliphatic carbocycles. The van der Waals surface area contributed by atoms with Gasteiger partial charge < -0.3 is 4.90 Å². The molecule has 0 saturated heterocycles. The topological polar surface area (TPSA) is 44.1 Å². The van der Waals surface area contributed by atoms with E-state index < -0.39 is 17.3 Å². The molecule has 1 aromatic carbocycles. The molecule has 0 spiro atoms. The van der Waals surface area contributed by atoms with Crippen LogP contribution in [0.4, 0.5) is 18.9 Å². The van der Waals surface area contributed by atoms with E-state index >= 15 is 0 Å². The molecule has 1 aliphatic rings. The lowest BCUT2D eigenvalue weighted by molar-refractivity contribution is -0.138. The summed E-state index contributed by atoms with van der Waals surface area (Å²) in [7, 11) is 0. The van der Waals surface area contributed by atoms with Crippen molar-refractivity contribution < 1.29 is 18.0 Å². The van der Waals surface area contributed by atoms with Gasteiger partial charge in [0.05, 0.1) is 17.2 Å². The van der Waals surface area contributed by atoms with Gasteiger partial charge in [0.15, 0.2) is 0 Å². The van der Waals surface area contributed by atoms with Crippen LogP contribution in [0.2, 0.25) is 0 Å². The number of fused-ring (bicyclic) bond motifs is 1. The van der Waals surface area contributed by atoms with Crippen LogP contribution < -0.4 is 4.90 Å². The van der Waals surface area contributed by atoms with E-state index in [0.29, 0.717) is 0 Å². The molecule has 1 aromatic rings. The minimum absolute atomic E-state index is 0.0387. The first-order chi connectivity index (χ1) is 8.36. The highest BCUT2D eigenvalue weighted by Crippen LogP contribution is 2.41. The zero-order valence-electron chi connectivity index (χ0n) is 9.51. The van der Waals surface area contributed by atoms with Crippen molar-refractivity contribution in [3.8, 4) is 6.07 Å².